The van der Waals surface area contributed by atoms with Crippen LogP contribution in [-0.2, 0) is 0 Å². The molecular formula is C21H12Cl2N6O. The number of H-pyrrole nitrogens is 1. The van der Waals surface area contributed by atoms with Crippen LogP contribution in [0.1, 0.15) is 10.4 Å². The Morgan fingerprint density at radius 1 is 0.867 bits per heavy atom. The lowest BCUT2D eigenvalue weighted by Crippen LogP contribution is -2.14. The quantitative estimate of drug-likeness (QED) is 0.437. The van der Waals surface area contributed by atoms with E-state index in [0.717, 1.165) is 16.5 Å². The number of para-hydroxylation sites is 1. The summed E-state index contributed by atoms with van der Waals surface area (Å²) < 4.78 is 1.34. The molecule has 0 aliphatic heterocycles. The first kappa shape index (κ1) is 18.5. The maximum atomic E-state index is 13.3. The van der Waals surface area contributed by atoms with Gasteiger partial charge in [0.1, 0.15) is 5.69 Å². The van der Waals surface area contributed by atoms with E-state index in [-0.39, 0.29) is 15.6 Å². The standard InChI is InChI=1S/C21H12Cl2N6O/c22-15-5-3-6-16(23)18(15)21(30)29-17-7-2-1-4-14(17)19(26-29)12-8-10-13(11-9-12)20-24-27-28-25-20/h1-11H,(H,24,25,27,28). The van der Waals surface area contributed by atoms with E-state index in [4.69, 9.17) is 23.2 Å². The van der Waals surface area contributed by atoms with Crippen LogP contribution in [0.4, 0.5) is 0 Å². The zero-order valence-electron chi connectivity index (χ0n) is 15.3. The molecule has 0 atom stereocenters. The Labute approximate surface area is 180 Å². The van der Waals surface area contributed by atoms with Crippen LogP contribution < -0.4 is 0 Å². The molecule has 1 N–H and O–H groups in total. The fraction of sp³-hybridized carbons (Fsp3) is 0. The second-order valence-corrected chi connectivity index (χ2v) is 7.31. The first-order valence-electron chi connectivity index (χ1n) is 8.94. The Balaban J connectivity index is 1.64. The third-order valence-electron chi connectivity index (χ3n) is 4.72. The van der Waals surface area contributed by atoms with Gasteiger partial charge >= 0.3 is 0 Å². The lowest BCUT2D eigenvalue weighted by molar-refractivity contribution is 0.0951. The first-order chi connectivity index (χ1) is 14.6. The van der Waals surface area contributed by atoms with Crippen molar-refractivity contribution in [1.29, 1.82) is 0 Å². The van der Waals surface area contributed by atoms with Crippen molar-refractivity contribution in [2.24, 2.45) is 0 Å². The van der Waals surface area contributed by atoms with Crippen LogP contribution in [0.25, 0.3) is 33.5 Å². The van der Waals surface area contributed by atoms with Gasteiger partial charge in [0.25, 0.3) is 5.91 Å². The molecule has 0 unspecified atom stereocenters. The number of hydrogen-bond acceptors (Lipinski definition) is 5. The molecule has 5 aromatic rings. The molecule has 2 heterocycles. The van der Waals surface area contributed by atoms with E-state index in [0.29, 0.717) is 17.0 Å². The molecule has 0 saturated carbocycles. The summed E-state index contributed by atoms with van der Waals surface area (Å²) in [5, 5.41) is 20.0. The minimum Gasteiger partial charge on any atom is -0.267 e. The van der Waals surface area contributed by atoms with Gasteiger partial charge in [0, 0.05) is 16.5 Å². The van der Waals surface area contributed by atoms with Gasteiger partial charge in [-0.25, -0.2) is 0 Å². The normalized spacial score (nSPS) is 11.1. The van der Waals surface area contributed by atoms with Crippen molar-refractivity contribution in [1.82, 2.24) is 30.4 Å². The van der Waals surface area contributed by atoms with Crippen LogP contribution in [0, 0.1) is 0 Å². The maximum Gasteiger partial charge on any atom is 0.281 e. The van der Waals surface area contributed by atoms with Crippen LogP contribution >= 0.6 is 23.2 Å². The predicted molar refractivity (Wildman–Crippen MR) is 115 cm³/mol. The number of aromatic nitrogens is 6. The zero-order chi connectivity index (χ0) is 20.7. The minimum absolute atomic E-state index is 0.216. The van der Waals surface area contributed by atoms with Gasteiger partial charge in [-0.05, 0) is 23.4 Å². The van der Waals surface area contributed by atoms with Crippen LogP contribution in [-0.4, -0.2) is 36.3 Å². The van der Waals surface area contributed by atoms with Crippen molar-refractivity contribution < 1.29 is 4.79 Å². The van der Waals surface area contributed by atoms with E-state index in [2.05, 4.69) is 25.7 Å². The van der Waals surface area contributed by atoms with E-state index in [9.17, 15) is 4.79 Å². The highest BCUT2D eigenvalue weighted by molar-refractivity contribution is 6.39. The minimum atomic E-state index is -0.392. The lowest BCUT2D eigenvalue weighted by Gasteiger charge is -2.06. The van der Waals surface area contributed by atoms with Crippen molar-refractivity contribution in [3.63, 3.8) is 0 Å². The average molecular weight is 435 g/mol. The summed E-state index contributed by atoms with van der Waals surface area (Å²) in [5.41, 5.74) is 3.20. The SMILES string of the molecule is O=C(c1c(Cl)cccc1Cl)n1nc(-c2ccc(-c3nn[nH]n3)cc2)c2ccccc21. The molecule has 3 aromatic carbocycles. The Bertz CT molecular complexity index is 1360. The fourth-order valence-corrected chi connectivity index (χ4v) is 3.86. The summed E-state index contributed by atoms with van der Waals surface area (Å²) in [6.45, 7) is 0. The van der Waals surface area contributed by atoms with Crippen molar-refractivity contribution in [3.05, 3.63) is 82.3 Å². The van der Waals surface area contributed by atoms with Gasteiger partial charge in [0.05, 0.1) is 21.1 Å². The Morgan fingerprint density at radius 3 is 2.27 bits per heavy atom. The molecular weight excluding hydrogens is 423 g/mol. The van der Waals surface area contributed by atoms with Crippen LogP contribution in [0.2, 0.25) is 10.0 Å². The highest BCUT2D eigenvalue weighted by atomic mass is 35.5. The third kappa shape index (κ3) is 3.04. The molecule has 30 heavy (non-hydrogen) atoms. The molecule has 0 amide bonds. The molecule has 0 fully saturated rings. The van der Waals surface area contributed by atoms with Crippen molar-refractivity contribution in [3.8, 4) is 22.6 Å². The average Bonchev–Trinajstić information content (AvgIpc) is 3.42. The number of nitrogens with one attached hydrogen (secondary N) is 1. The molecule has 0 bridgehead atoms. The predicted octanol–water partition coefficient (Wildman–Crippen LogP) is 4.88. The summed E-state index contributed by atoms with van der Waals surface area (Å²) >= 11 is 12.5. The van der Waals surface area contributed by atoms with Gasteiger partial charge in [0.15, 0.2) is 0 Å². The molecule has 7 nitrogen and oxygen atoms in total. The number of nitrogens with zero attached hydrogens (tertiary/aromatic N) is 5. The highest BCUT2D eigenvalue weighted by Crippen LogP contribution is 2.31. The van der Waals surface area contributed by atoms with Gasteiger partial charge in [0.2, 0.25) is 5.82 Å². The van der Waals surface area contributed by atoms with Gasteiger partial charge in [-0.2, -0.15) is 15.0 Å². The highest BCUT2D eigenvalue weighted by Gasteiger charge is 2.22. The molecule has 0 saturated heterocycles. The Kier molecular flexibility index (Phi) is 4.54. The van der Waals surface area contributed by atoms with Crippen LogP contribution in [0.15, 0.2) is 66.7 Å². The van der Waals surface area contributed by atoms with Crippen LogP contribution in [0.3, 0.4) is 0 Å². The molecule has 9 heteroatoms. The van der Waals surface area contributed by atoms with Crippen molar-refractivity contribution in [2.45, 2.75) is 0 Å². The number of hydrogen-bond donors (Lipinski definition) is 1. The summed E-state index contributed by atoms with van der Waals surface area (Å²) in [6.07, 6.45) is 0. The maximum absolute atomic E-state index is 13.3. The Hall–Kier alpha value is -3.55. The first-order valence-corrected chi connectivity index (χ1v) is 9.70. The summed E-state index contributed by atoms with van der Waals surface area (Å²) in [5.74, 6) is 0.108. The summed E-state index contributed by atoms with van der Waals surface area (Å²) in [4.78, 5) is 13.3. The van der Waals surface area contributed by atoms with E-state index in [1.165, 1.54) is 4.68 Å². The van der Waals surface area contributed by atoms with Gasteiger partial charge in [-0.3, -0.25) is 4.79 Å². The molecule has 0 aliphatic carbocycles. The van der Waals surface area contributed by atoms with Gasteiger partial charge in [-0.1, -0.05) is 71.7 Å². The number of tetrazole rings is 1. The van der Waals surface area contributed by atoms with Gasteiger partial charge < -0.3 is 0 Å². The van der Waals surface area contributed by atoms with E-state index >= 15 is 0 Å². The smallest absolute Gasteiger partial charge is 0.267 e. The Morgan fingerprint density at radius 2 is 1.57 bits per heavy atom. The number of benzene rings is 3. The second kappa shape index (κ2) is 7.37. The second-order valence-electron chi connectivity index (χ2n) is 6.49. The topological polar surface area (TPSA) is 89.4 Å². The number of carbonyl (C=O) groups is 1. The number of aromatic amines is 1. The number of rotatable bonds is 3. The summed E-state index contributed by atoms with van der Waals surface area (Å²) in [7, 11) is 0. The van der Waals surface area contributed by atoms with Gasteiger partial charge in [-0.15, -0.1) is 10.2 Å². The molecule has 0 radical (unpaired) electrons. The summed E-state index contributed by atoms with van der Waals surface area (Å²) in [6, 6.07) is 20.0. The number of halogens is 2. The molecule has 0 aliphatic rings. The van der Waals surface area contributed by atoms with E-state index in [1.54, 1.807) is 18.2 Å². The molecule has 146 valence electrons. The van der Waals surface area contributed by atoms with E-state index in [1.807, 2.05) is 48.5 Å². The monoisotopic (exact) mass is 434 g/mol. The molecule has 2 aromatic heterocycles. The fourth-order valence-electron chi connectivity index (χ4n) is 3.30. The zero-order valence-corrected chi connectivity index (χ0v) is 16.8. The largest absolute Gasteiger partial charge is 0.281 e. The van der Waals surface area contributed by atoms with Crippen LogP contribution in [0.5, 0.6) is 0 Å². The molecule has 0 spiro atoms. The lowest BCUT2D eigenvalue weighted by atomic mass is 10.1. The van der Waals surface area contributed by atoms with E-state index < -0.39 is 5.91 Å². The molecule has 5 rings (SSSR count). The van der Waals surface area contributed by atoms with Crippen molar-refractivity contribution in [2.75, 3.05) is 0 Å². The third-order valence-corrected chi connectivity index (χ3v) is 5.35. The number of carbonyl (C=O) groups excluding carboxylic acids is 1. The van der Waals surface area contributed by atoms with Crippen molar-refractivity contribution >= 4 is 40.0 Å². The number of fused-ring (bicyclic) bond motifs is 1.